The molecule has 3 atom stereocenters. The molecule has 2 N–H and O–H groups in total. The zero-order chi connectivity index (χ0) is 54.3. The van der Waals surface area contributed by atoms with E-state index >= 15 is 0 Å². The molecule has 0 aliphatic rings. The van der Waals surface area contributed by atoms with Crippen LogP contribution < -0.4 is 5.32 Å². The molecule has 0 radical (unpaired) electrons. The molecule has 0 spiro atoms. The summed E-state index contributed by atoms with van der Waals surface area (Å²) in [6, 6.07) is -0.855. The van der Waals surface area contributed by atoms with E-state index in [4.69, 9.17) is 13.8 Å². The fourth-order valence-corrected chi connectivity index (χ4v) is 9.37. The van der Waals surface area contributed by atoms with Gasteiger partial charge in [-0.05, 0) is 96.0 Å². The van der Waals surface area contributed by atoms with Crippen molar-refractivity contribution >= 4 is 19.7 Å². The van der Waals surface area contributed by atoms with E-state index < -0.39 is 20.0 Å². The van der Waals surface area contributed by atoms with Gasteiger partial charge in [0.25, 0.3) is 0 Å². The van der Waals surface area contributed by atoms with Crippen molar-refractivity contribution in [2.45, 2.75) is 283 Å². The van der Waals surface area contributed by atoms with Gasteiger partial charge in [0.05, 0.1) is 33.8 Å². The number of nitrogens with one attached hydrogen (secondary N) is 1. The van der Waals surface area contributed by atoms with E-state index in [2.05, 4.69) is 86.8 Å². The Morgan fingerprint density at radius 1 is 0.486 bits per heavy atom. The monoisotopic (exact) mass is 1060 g/mol. The maximum absolute atomic E-state index is 13.5. The summed E-state index contributed by atoms with van der Waals surface area (Å²) in [5.74, 6) is -0.518. The number of unbranched alkanes of at least 4 members (excludes halogenated alkanes) is 29. The third kappa shape index (κ3) is 54.2. The van der Waals surface area contributed by atoms with Crippen LogP contribution in [0.3, 0.4) is 0 Å². The third-order valence-electron chi connectivity index (χ3n) is 13.4. The van der Waals surface area contributed by atoms with Crippen LogP contribution >= 0.6 is 7.82 Å². The Bertz CT molecular complexity index is 1500. The van der Waals surface area contributed by atoms with Gasteiger partial charge in [0, 0.05) is 12.8 Å². The standard InChI is InChI=1S/C64H117N2O7P/c1-7-10-13-16-19-22-25-27-29-30-31-32-33-34-35-36-37-39-42-45-48-51-54-57-64(68)73-62(55-52-49-46-43-40-24-21-18-15-12-9-3)61(60-72-74(69,70)71-59-58-66(4,5)6)65-63(67)56-53-50-47-44-41-38-28-26-23-20-17-14-11-8-2/h11,14,19-20,22-23,27,29,31-32,52,55,61-62H,7-10,12-13,15-18,21,24-26,28,30,33-51,53-54,56-60H2,1-6H3,(H-,65,67,69,70)/p+1/b14-11+,22-19-,23-20+,29-27-,32-31-,55-52-. The summed E-state index contributed by atoms with van der Waals surface area (Å²) in [5.41, 5.74) is 0. The number of hydrogen-bond donors (Lipinski definition) is 2. The molecule has 0 heterocycles. The zero-order valence-corrected chi connectivity index (χ0v) is 50.0. The molecule has 0 rings (SSSR count). The van der Waals surface area contributed by atoms with E-state index in [1.54, 1.807) is 0 Å². The normalized spacial score (nSPS) is 14.2. The molecule has 3 unspecified atom stereocenters. The lowest BCUT2D eigenvalue weighted by molar-refractivity contribution is -0.870. The molecule has 0 aromatic heterocycles. The summed E-state index contributed by atoms with van der Waals surface area (Å²) < 4.78 is 30.6. The zero-order valence-electron chi connectivity index (χ0n) is 49.1. The number of phosphoric ester groups is 1. The number of ether oxygens (including phenoxy) is 1. The van der Waals surface area contributed by atoms with Crippen LogP contribution in [0.25, 0.3) is 0 Å². The molecule has 10 heteroatoms. The Morgan fingerprint density at radius 2 is 0.865 bits per heavy atom. The van der Waals surface area contributed by atoms with Crippen LogP contribution in [0.4, 0.5) is 0 Å². The second kappa shape index (κ2) is 53.8. The maximum atomic E-state index is 13.5. The van der Waals surface area contributed by atoms with Crippen molar-refractivity contribution in [3.63, 3.8) is 0 Å². The molecule has 430 valence electrons. The lowest BCUT2D eigenvalue weighted by Gasteiger charge is -2.27. The first-order chi connectivity index (χ1) is 35.9. The fourth-order valence-electron chi connectivity index (χ4n) is 8.63. The van der Waals surface area contributed by atoms with Crippen molar-refractivity contribution in [2.24, 2.45) is 0 Å². The molecule has 74 heavy (non-hydrogen) atoms. The molecular weight excluding hydrogens is 940 g/mol. The van der Waals surface area contributed by atoms with E-state index in [0.717, 1.165) is 96.3 Å². The smallest absolute Gasteiger partial charge is 0.456 e. The Kier molecular flexibility index (Phi) is 52.0. The summed E-state index contributed by atoms with van der Waals surface area (Å²) in [6.07, 6.45) is 69.0. The van der Waals surface area contributed by atoms with Gasteiger partial charge in [-0.2, -0.15) is 0 Å². The Hall–Kier alpha value is -2.55. The molecule has 0 aliphatic carbocycles. The molecule has 0 fully saturated rings. The minimum Gasteiger partial charge on any atom is -0.456 e. The third-order valence-corrected chi connectivity index (χ3v) is 14.4. The van der Waals surface area contributed by atoms with E-state index in [-0.39, 0.29) is 31.5 Å². The van der Waals surface area contributed by atoms with Gasteiger partial charge >= 0.3 is 13.8 Å². The molecule has 0 aliphatic heterocycles. The second-order valence-corrected chi connectivity index (χ2v) is 23.3. The SMILES string of the molecule is CC/C=C/C/C=C/CCCCCCCCCC(=O)NC(COP(=O)(O)OCC[N+](C)(C)C)C(/C=C\CCCCCCCCCCC)OC(=O)CCCCCCCCCCCC/C=C\C/C=C\C/C=C\CCCCC. The molecular formula is C64H118N2O7P+. The van der Waals surface area contributed by atoms with Gasteiger partial charge in [-0.25, -0.2) is 4.57 Å². The summed E-state index contributed by atoms with van der Waals surface area (Å²) in [4.78, 5) is 37.6. The first-order valence-electron chi connectivity index (χ1n) is 30.8. The number of phosphoric acid groups is 1. The lowest BCUT2D eigenvalue weighted by Crippen LogP contribution is -2.47. The average molecular weight is 1060 g/mol. The van der Waals surface area contributed by atoms with Crippen molar-refractivity contribution in [1.82, 2.24) is 5.32 Å². The van der Waals surface area contributed by atoms with Crippen LogP contribution in [-0.2, 0) is 27.9 Å². The molecule has 1 amide bonds. The van der Waals surface area contributed by atoms with Gasteiger partial charge in [0.2, 0.25) is 5.91 Å². The van der Waals surface area contributed by atoms with Gasteiger partial charge in [0.15, 0.2) is 0 Å². The summed E-state index contributed by atoms with van der Waals surface area (Å²) in [5, 5.41) is 3.05. The van der Waals surface area contributed by atoms with Crippen molar-refractivity contribution in [2.75, 3.05) is 40.9 Å². The van der Waals surface area contributed by atoms with Crippen molar-refractivity contribution in [1.29, 1.82) is 0 Å². The van der Waals surface area contributed by atoms with Crippen LogP contribution in [0.2, 0.25) is 0 Å². The Morgan fingerprint density at radius 3 is 1.32 bits per heavy atom. The minimum absolute atomic E-state index is 0.0358. The van der Waals surface area contributed by atoms with Gasteiger partial charge < -0.3 is 19.4 Å². The first kappa shape index (κ1) is 71.5. The predicted molar refractivity (Wildman–Crippen MR) is 318 cm³/mol. The summed E-state index contributed by atoms with van der Waals surface area (Å²) >= 11 is 0. The molecule has 0 saturated carbocycles. The highest BCUT2D eigenvalue weighted by Gasteiger charge is 2.30. The van der Waals surface area contributed by atoms with Crippen molar-refractivity contribution in [3.05, 3.63) is 72.9 Å². The molecule has 0 aromatic carbocycles. The fraction of sp³-hybridized carbons (Fsp3) is 0.781. The molecule has 0 bridgehead atoms. The number of carbonyl (C=O) groups is 2. The number of quaternary nitrogens is 1. The van der Waals surface area contributed by atoms with E-state index in [0.29, 0.717) is 17.4 Å². The first-order valence-corrected chi connectivity index (χ1v) is 32.3. The highest BCUT2D eigenvalue weighted by Crippen LogP contribution is 2.43. The van der Waals surface area contributed by atoms with Crippen LogP contribution in [0.5, 0.6) is 0 Å². The number of carbonyl (C=O) groups excluding carboxylic acids is 2. The summed E-state index contributed by atoms with van der Waals surface area (Å²) in [6.45, 7) is 6.87. The van der Waals surface area contributed by atoms with Crippen LogP contribution in [0.15, 0.2) is 72.9 Å². The van der Waals surface area contributed by atoms with E-state index in [1.165, 1.54) is 141 Å². The van der Waals surface area contributed by atoms with Gasteiger partial charge in [-0.15, -0.1) is 0 Å². The number of esters is 1. The van der Waals surface area contributed by atoms with Crippen molar-refractivity contribution < 1.29 is 37.3 Å². The Balaban J connectivity index is 5.16. The quantitative estimate of drug-likeness (QED) is 0.0205. The highest BCUT2D eigenvalue weighted by atomic mass is 31.2. The topological polar surface area (TPSA) is 111 Å². The minimum atomic E-state index is -4.45. The second-order valence-electron chi connectivity index (χ2n) is 21.8. The lowest BCUT2D eigenvalue weighted by atomic mass is 10.0. The molecule has 0 saturated heterocycles. The van der Waals surface area contributed by atoms with Crippen LogP contribution in [-0.4, -0.2) is 74.3 Å². The Labute approximate surface area is 457 Å². The average Bonchev–Trinajstić information content (AvgIpc) is 3.36. The number of likely N-dealkylation sites (N-methyl/N-ethyl adjacent to an activating group) is 1. The summed E-state index contributed by atoms with van der Waals surface area (Å²) in [7, 11) is 1.48. The number of allylic oxidation sites excluding steroid dienone is 11. The number of hydrogen-bond acceptors (Lipinski definition) is 6. The highest BCUT2D eigenvalue weighted by molar-refractivity contribution is 7.47. The van der Waals surface area contributed by atoms with Crippen molar-refractivity contribution in [3.8, 4) is 0 Å². The number of nitrogens with zero attached hydrogens (tertiary/aromatic N) is 1. The predicted octanol–water partition coefficient (Wildman–Crippen LogP) is 18.8. The van der Waals surface area contributed by atoms with Crippen LogP contribution in [0, 0.1) is 0 Å². The van der Waals surface area contributed by atoms with Gasteiger partial charge in [-0.1, -0.05) is 235 Å². The van der Waals surface area contributed by atoms with E-state index in [9.17, 15) is 19.0 Å². The maximum Gasteiger partial charge on any atom is 0.472 e. The molecule has 9 nitrogen and oxygen atoms in total. The largest absolute Gasteiger partial charge is 0.472 e. The van der Waals surface area contributed by atoms with Crippen LogP contribution in [0.1, 0.15) is 271 Å². The number of rotatable bonds is 55. The van der Waals surface area contributed by atoms with E-state index in [1.807, 2.05) is 33.3 Å². The van der Waals surface area contributed by atoms with Gasteiger partial charge in [-0.3, -0.25) is 18.6 Å². The molecule has 0 aromatic rings. The van der Waals surface area contributed by atoms with Gasteiger partial charge in [0.1, 0.15) is 19.3 Å². The number of amides is 1.